The van der Waals surface area contributed by atoms with Crippen LogP contribution in [0.2, 0.25) is 0 Å². The summed E-state index contributed by atoms with van der Waals surface area (Å²) in [4.78, 5) is 0. The molecule has 10 heavy (non-hydrogen) atoms. The predicted octanol–water partition coefficient (Wildman–Crippen LogP) is 1.54. The maximum atomic E-state index is 8.54. The van der Waals surface area contributed by atoms with E-state index in [1.54, 1.807) is 0 Å². The molecule has 1 unspecified atom stereocenters. The van der Waals surface area contributed by atoms with Gasteiger partial charge < -0.3 is 5.32 Å². The second kappa shape index (κ2) is 6.57. The quantitative estimate of drug-likeness (QED) is 0.588. The minimum Gasteiger partial charge on any atom is -0.315 e. The van der Waals surface area contributed by atoms with Gasteiger partial charge in [-0.15, -0.1) is 0 Å². The predicted molar refractivity (Wildman–Crippen MR) is 42.6 cm³/mol. The molecule has 58 valence electrons. The third-order valence-corrected chi connectivity index (χ3v) is 1.49. The van der Waals surface area contributed by atoms with Crippen LogP contribution >= 0.6 is 0 Å². The highest BCUT2D eigenvalue weighted by atomic mass is 14.8. The molecule has 0 heterocycles. The van der Waals surface area contributed by atoms with Gasteiger partial charge >= 0.3 is 0 Å². The molecule has 2 heteroatoms. The molecular formula is C8H16N2. The van der Waals surface area contributed by atoms with Crippen LogP contribution in [0.25, 0.3) is 0 Å². The van der Waals surface area contributed by atoms with E-state index in [0.717, 1.165) is 25.9 Å². The number of hydrogen-bond donors (Lipinski definition) is 1. The highest BCUT2D eigenvalue weighted by Crippen LogP contribution is 1.96. The third-order valence-electron chi connectivity index (χ3n) is 1.49. The summed E-state index contributed by atoms with van der Waals surface area (Å²) >= 11 is 0. The van der Waals surface area contributed by atoms with Crippen LogP contribution in [-0.4, -0.2) is 13.1 Å². The molecule has 0 aliphatic carbocycles. The maximum absolute atomic E-state index is 8.54. The van der Waals surface area contributed by atoms with Crippen LogP contribution in [0.3, 0.4) is 0 Å². The van der Waals surface area contributed by atoms with Crippen LogP contribution in [0.1, 0.15) is 26.7 Å². The van der Waals surface area contributed by atoms with Crippen molar-refractivity contribution in [3.8, 4) is 6.07 Å². The van der Waals surface area contributed by atoms with E-state index in [-0.39, 0.29) is 5.92 Å². The first-order chi connectivity index (χ1) is 4.85. The lowest BCUT2D eigenvalue weighted by atomic mass is 10.1. The van der Waals surface area contributed by atoms with Gasteiger partial charge in [-0.3, -0.25) is 0 Å². The van der Waals surface area contributed by atoms with Gasteiger partial charge in [-0.1, -0.05) is 13.8 Å². The summed E-state index contributed by atoms with van der Waals surface area (Å²) in [5, 5.41) is 11.7. The minimum atomic E-state index is 0.201. The largest absolute Gasteiger partial charge is 0.315 e. The molecule has 1 N–H and O–H groups in total. The summed E-state index contributed by atoms with van der Waals surface area (Å²) in [5.41, 5.74) is 0. The smallest absolute Gasteiger partial charge is 0.0669 e. The van der Waals surface area contributed by atoms with Crippen molar-refractivity contribution in [3.05, 3.63) is 0 Å². The fourth-order valence-electron chi connectivity index (χ4n) is 0.734. The Morgan fingerprint density at radius 1 is 1.50 bits per heavy atom. The zero-order valence-corrected chi connectivity index (χ0v) is 6.85. The molecule has 0 aromatic rings. The lowest BCUT2D eigenvalue weighted by Crippen LogP contribution is -2.22. The average molecular weight is 140 g/mol. The molecule has 0 aromatic heterocycles. The Kier molecular flexibility index (Phi) is 6.21. The van der Waals surface area contributed by atoms with Crippen LogP contribution in [0, 0.1) is 17.2 Å². The second-order valence-corrected chi connectivity index (χ2v) is 2.44. The van der Waals surface area contributed by atoms with E-state index in [4.69, 9.17) is 5.26 Å². The summed E-state index contributed by atoms with van der Waals surface area (Å²) in [6, 6.07) is 2.25. The number of nitrogens with zero attached hydrogens (tertiary/aromatic N) is 1. The summed E-state index contributed by atoms with van der Waals surface area (Å²) in [5.74, 6) is 0.201. The van der Waals surface area contributed by atoms with Crippen molar-refractivity contribution in [1.29, 1.82) is 5.26 Å². The monoisotopic (exact) mass is 140 g/mol. The molecule has 0 bridgehead atoms. The van der Waals surface area contributed by atoms with E-state index in [1.807, 2.05) is 6.92 Å². The Bertz CT molecular complexity index is 104. The van der Waals surface area contributed by atoms with Crippen LogP contribution in [-0.2, 0) is 0 Å². The summed E-state index contributed by atoms with van der Waals surface area (Å²) in [7, 11) is 0. The molecule has 0 aliphatic rings. The lowest BCUT2D eigenvalue weighted by Gasteiger charge is -2.05. The number of hydrogen-bond acceptors (Lipinski definition) is 2. The Hall–Kier alpha value is -0.550. The molecule has 0 spiro atoms. The molecule has 0 amide bonds. The minimum absolute atomic E-state index is 0.201. The standard InChI is InChI=1S/C8H16N2/c1-3-5-10-7-8(4-2)6-9/h8,10H,3-5,7H2,1-2H3. The molecule has 0 aromatic carbocycles. The van der Waals surface area contributed by atoms with Crippen molar-refractivity contribution in [2.24, 2.45) is 5.92 Å². The van der Waals surface area contributed by atoms with Crippen molar-refractivity contribution < 1.29 is 0 Å². The van der Waals surface area contributed by atoms with E-state index >= 15 is 0 Å². The van der Waals surface area contributed by atoms with Crippen molar-refractivity contribution in [2.75, 3.05) is 13.1 Å². The fourth-order valence-corrected chi connectivity index (χ4v) is 0.734. The van der Waals surface area contributed by atoms with E-state index in [1.165, 1.54) is 0 Å². The molecule has 0 fully saturated rings. The van der Waals surface area contributed by atoms with Crippen LogP contribution in [0.15, 0.2) is 0 Å². The Morgan fingerprint density at radius 2 is 2.20 bits per heavy atom. The number of nitrogens with one attached hydrogen (secondary N) is 1. The molecule has 2 nitrogen and oxygen atoms in total. The lowest BCUT2D eigenvalue weighted by molar-refractivity contribution is 0.551. The highest BCUT2D eigenvalue weighted by molar-refractivity contribution is 4.82. The van der Waals surface area contributed by atoms with Gasteiger partial charge in [0.1, 0.15) is 0 Å². The molecule has 0 radical (unpaired) electrons. The van der Waals surface area contributed by atoms with Crippen LogP contribution in [0.5, 0.6) is 0 Å². The van der Waals surface area contributed by atoms with Crippen molar-refractivity contribution in [2.45, 2.75) is 26.7 Å². The summed E-state index contributed by atoms with van der Waals surface area (Å²) in [6.45, 7) is 6.04. The number of rotatable bonds is 5. The Morgan fingerprint density at radius 3 is 2.60 bits per heavy atom. The van der Waals surface area contributed by atoms with Crippen LogP contribution in [0.4, 0.5) is 0 Å². The SMILES string of the molecule is CCCNCC(C#N)CC. The van der Waals surface area contributed by atoms with Gasteiger partial charge in [0.15, 0.2) is 0 Å². The van der Waals surface area contributed by atoms with Gasteiger partial charge in [0.05, 0.1) is 12.0 Å². The first-order valence-electron chi connectivity index (χ1n) is 3.95. The summed E-state index contributed by atoms with van der Waals surface area (Å²) in [6.07, 6.45) is 2.09. The van der Waals surface area contributed by atoms with E-state index in [2.05, 4.69) is 18.3 Å². The van der Waals surface area contributed by atoms with Crippen LogP contribution < -0.4 is 5.32 Å². The zero-order valence-electron chi connectivity index (χ0n) is 6.85. The van der Waals surface area contributed by atoms with Crippen molar-refractivity contribution >= 4 is 0 Å². The topological polar surface area (TPSA) is 35.8 Å². The summed E-state index contributed by atoms with van der Waals surface area (Å²) < 4.78 is 0. The second-order valence-electron chi connectivity index (χ2n) is 2.44. The molecule has 0 saturated carbocycles. The van der Waals surface area contributed by atoms with Gasteiger partial charge in [0, 0.05) is 6.54 Å². The third kappa shape index (κ3) is 4.34. The fraction of sp³-hybridized carbons (Fsp3) is 0.875. The first-order valence-corrected chi connectivity index (χ1v) is 3.95. The van der Waals surface area contributed by atoms with Gasteiger partial charge in [-0.05, 0) is 19.4 Å². The molecular weight excluding hydrogens is 124 g/mol. The first kappa shape index (κ1) is 9.45. The van der Waals surface area contributed by atoms with Crippen molar-refractivity contribution in [3.63, 3.8) is 0 Å². The van der Waals surface area contributed by atoms with E-state index < -0.39 is 0 Å². The van der Waals surface area contributed by atoms with Gasteiger partial charge in [-0.25, -0.2) is 0 Å². The Balaban J connectivity index is 3.20. The van der Waals surface area contributed by atoms with Gasteiger partial charge in [0.25, 0.3) is 0 Å². The highest BCUT2D eigenvalue weighted by Gasteiger charge is 2.00. The number of nitriles is 1. The Labute approximate surface area is 63.2 Å². The molecule has 0 aliphatic heterocycles. The normalized spacial score (nSPS) is 12.5. The molecule has 1 atom stereocenters. The van der Waals surface area contributed by atoms with Crippen molar-refractivity contribution in [1.82, 2.24) is 5.32 Å². The van der Waals surface area contributed by atoms with Gasteiger partial charge in [0.2, 0.25) is 0 Å². The average Bonchev–Trinajstić information content (AvgIpc) is 1.99. The van der Waals surface area contributed by atoms with Gasteiger partial charge in [-0.2, -0.15) is 5.26 Å². The molecule has 0 saturated heterocycles. The van der Waals surface area contributed by atoms with E-state index in [0.29, 0.717) is 0 Å². The molecule has 0 rings (SSSR count). The van der Waals surface area contributed by atoms with E-state index in [9.17, 15) is 0 Å². The maximum Gasteiger partial charge on any atom is 0.0669 e. The zero-order chi connectivity index (χ0) is 7.82.